The van der Waals surface area contributed by atoms with Crippen LogP contribution >= 0.6 is 8.73 Å². The molecular weight excluding hydrogens is 81.8 g/mol. The van der Waals surface area contributed by atoms with E-state index in [1.165, 1.54) is 0 Å². The van der Waals surface area contributed by atoms with Gasteiger partial charge in [-0.25, -0.2) is 0 Å². The van der Waals surface area contributed by atoms with Crippen LogP contribution in [0.2, 0.25) is 0 Å². The smallest absolute Gasteiger partial charge is 0.0981 e. The minimum Gasteiger partial charge on any atom is -0.331 e. The van der Waals surface area contributed by atoms with Gasteiger partial charge in [-0.1, -0.05) is 0 Å². The molecule has 0 aromatic heterocycles. The fourth-order valence-electron chi connectivity index (χ4n) is 0. The van der Waals surface area contributed by atoms with Crippen molar-refractivity contribution in [3.8, 4) is 0 Å². The zero-order valence-electron chi connectivity index (χ0n) is 2.81. The first-order valence-corrected chi connectivity index (χ1v) is 2.40. The highest BCUT2D eigenvalue weighted by Crippen LogP contribution is 1.93. The summed E-state index contributed by atoms with van der Waals surface area (Å²) in [4.78, 5) is 0. The quantitative estimate of drug-likeness (QED) is 0.317. The fraction of sp³-hybridized carbons (Fsp3) is 1.00. The highest BCUT2D eigenvalue weighted by molar-refractivity contribution is 7.38. The predicted molar refractivity (Wildman–Crippen MR) is 26.2 cm³/mol. The van der Waals surface area contributed by atoms with E-state index < -0.39 is 0 Å². The maximum absolute atomic E-state index is 4.96. The highest BCUT2D eigenvalue weighted by atomic mass is 31.1. The summed E-state index contributed by atoms with van der Waals surface area (Å²) in [5.74, 6) is 0. The van der Waals surface area contributed by atoms with Gasteiger partial charge in [0, 0.05) is 0 Å². The molecule has 2 atom stereocenters. The Morgan fingerprint density at radius 2 is 2.00 bits per heavy atom. The second-order valence-corrected chi connectivity index (χ2v) is 1.69. The lowest BCUT2D eigenvalue weighted by Crippen LogP contribution is -2.14. The van der Waals surface area contributed by atoms with E-state index in [0.717, 1.165) is 0 Å². The molecule has 0 amide bonds. The zero-order valence-corrected chi connectivity index (χ0v) is 3.81. The second kappa shape index (κ2) is 2.64. The van der Waals surface area contributed by atoms with Crippen molar-refractivity contribution in [1.29, 1.82) is 0 Å². The Morgan fingerprint density at radius 3 is 2.00 bits per heavy atom. The van der Waals surface area contributed by atoms with Gasteiger partial charge in [-0.15, -0.1) is 0 Å². The molecule has 0 bridgehead atoms. The van der Waals surface area contributed by atoms with E-state index >= 15 is 0 Å². The summed E-state index contributed by atoms with van der Waals surface area (Å²) < 4.78 is 0. The van der Waals surface area contributed by atoms with Crippen LogP contribution in [0.3, 0.4) is 0 Å². The van der Waals surface area contributed by atoms with Crippen molar-refractivity contribution in [1.82, 2.24) is 0 Å². The molecule has 0 aliphatic heterocycles. The minimum atomic E-state index is -0.310. The van der Waals surface area contributed by atoms with Crippen molar-refractivity contribution < 1.29 is 0 Å². The van der Waals surface area contributed by atoms with Crippen LogP contribution in [0.25, 0.3) is 0 Å². The van der Waals surface area contributed by atoms with Crippen LogP contribution in [-0.2, 0) is 0 Å². The first kappa shape index (κ1) is 5.41. The first-order chi connectivity index (χ1) is 2.27. The van der Waals surface area contributed by atoms with Gasteiger partial charge in [0.15, 0.2) is 0 Å². The predicted octanol–water partition coefficient (Wildman–Crippen LogP) is -1.05. The second-order valence-electron chi connectivity index (χ2n) is 0.692. The van der Waals surface area contributed by atoms with Crippen molar-refractivity contribution in [3.05, 3.63) is 0 Å². The molecule has 0 aromatic carbocycles. The maximum atomic E-state index is 4.96. The molecule has 0 rings (SSSR count). The average Bonchev–Trinajstić information content (AvgIpc) is 1.38. The Balaban J connectivity index is 2.54. The third-order valence-electron chi connectivity index (χ3n) is 0.192. The van der Waals surface area contributed by atoms with Crippen LogP contribution in [0.4, 0.5) is 0 Å². The van der Waals surface area contributed by atoms with Gasteiger partial charge in [-0.05, 0) is 14.4 Å². The molecule has 0 spiro atoms. The van der Waals surface area contributed by atoms with Crippen LogP contribution in [0.1, 0.15) is 0 Å². The van der Waals surface area contributed by atoms with Crippen LogP contribution in [0.5, 0.6) is 0 Å². The minimum absolute atomic E-state index is 0.170. The zero-order chi connectivity index (χ0) is 4.28. The van der Waals surface area contributed by atoms with Crippen molar-refractivity contribution in [2.24, 2.45) is 11.2 Å². The topological polar surface area (TPSA) is 52.0 Å². The Labute approximate surface area is 34.5 Å². The maximum Gasteiger partial charge on any atom is 0.0981 e. The number of rotatable bonds is 1. The molecule has 28 valence electrons. The van der Waals surface area contributed by atoms with Gasteiger partial charge >= 0.3 is 0 Å². The highest BCUT2D eigenvalue weighted by Gasteiger charge is 1.79. The summed E-state index contributed by atoms with van der Waals surface area (Å²) in [6.45, 7) is 0. The Kier molecular flexibility index (Phi) is 2.86. The molecule has 2 radical (unpaired) electrons. The van der Waals surface area contributed by atoms with Crippen LogP contribution < -0.4 is 11.2 Å². The summed E-state index contributed by atoms with van der Waals surface area (Å²) in [7, 11) is 5.13. The van der Waals surface area contributed by atoms with E-state index in [-0.39, 0.29) is 14.4 Å². The van der Waals surface area contributed by atoms with Crippen molar-refractivity contribution in [2.75, 3.05) is 0 Å². The van der Waals surface area contributed by atoms with Gasteiger partial charge < -0.3 is 11.2 Å². The molecule has 0 aliphatic rings. The number of hydrogen-bond donors (Lipinski definition) is 2. The van der Waals surface area contributed by atoms with Gasteiger partial charge in [0.05, 0.1) is 7.85 Å². The molecule has 0 aliphatic carbocycles. The summed E-state index contributed by atoms with van der Waals surface area (Å²) in [5, 5.41) is 0. The monoisotopic (exact) mass is 88.0 g/mol. The number of hydrogen-bond acceptors (Lipinski definition) is 2. The van der Waals surface area contributed by atoms with Crippen LogP contribution in [0, 0.1) is 0 Å². The van der Waals surface area contributed by atoms with E-state index in [1.54, 1.807) is 0 Å². The number of nitrogens with two attached hydrogens (primary N) is 2. The molecule has 0 aromatic rings. The molecule has 0 fully saturated rings. The molecule has 0 heterocycles. The largest absolute Gasteiger partial charge is 0.331 e. The van der Waals surface area contributed by atoms with Crippen molar-refractivity contribution in [2.45, 2.75) is 5.68 Å². The van der Waals surface area contributed by atoms with E-state index in [1.807, 2.05) is 0 Å². The Bertz CT molecular complexity index is 23.6. The van der Waals surface area contributed by atoms with E-state index in [9.17, 15) is 0 Å². The molecular formula is CH6BN2P. The molecule has 4 heteroatoms. The SMILES string of the molecule is [B]C(N)PN. The van der Waals surface area contributed by atoms with Gasteiger partial charge in [0.2, 0.25) is 0 Å². The van der Waals surface area contributed by atoms with Gasteiger partial charge in [0.1, 0.15) is 0 Å². The summed E-state index contributed by atoms with van der Waals surface area (Å²) in [5.41, 5.74) is 9.60. The van der Waals surface area contributed by atoms with Gasteiger partial charge in [-0.2, -0.15) is 0 Å². The third-order valence-corrected chi connectivity index (χ3v) is 0.577. The summed E-state index contributed by atoms with van der Waals surface area (Å²) in [6, 6.07) is 0. The summed E-state index contributed by atoms with van der Waals surface area (Å²) >= 11 is 0. The normalized spacial score (nSPS) is 17.2. The molecule has 5 heavy (non-hydrogen) atoms. The standard InChI is InChI=1S/CH6BN2P/c2-1(3)5-4/h1,5H,3-4H2. The van der Waals surface area contributed by atoms with Crippen molar-refractivity contribution in [3.63, 3.8) is 0 Å². The van der Waals surface area contributed by atoms with E-state index in [0.29, 0.717) is 0 Å². The molecule has 2 unspecified atom stereocenters. The third kappa shape index (κ3) is 4.41. The Morgan fingerprint density at radius 1 is 1.80 bits per heavy atom. The molecule has 0 saturated heterocycles. The lowest BCUT2D eigenvalue weighted by atomic mass is 10.2. The van der Waals surface area contributed by atoms with Crippen LogP contribution in [0.15, 0.2) is 0 Å². The van der Waals surface area contributed by atoms with Gasteiger partial charge in [-0.3, -0.25) is 0 Å². The Hall–Kier alpha value is 0.415. The lowest BCUT2D eigenvalue weighted by molar-refractivity contribution is 1.28. The van der Waals surface area contributed by atoms with E-state index in [2.05, 4.69) is 0 Å². The molecule has 4 N–H and O–H groups in total. The molecule has 2 nitrogen and oxygen atoms in total. The van der Waals surface area contributed by atoms with Crippen LogP contribution in [-0.4, -0.2) is 13.5 Å². The van der Waals surface area contributed by atoms with Crippen molar-refractivity contribution >= 4 is 16.6 Å². The van der Waals surface area contributed by atoms with Gasteiger partial charge in [0.25, 0.3) is 0 Å². The first-order valence-electron chi connectivity index (χ1n) is 1.24. The van der Waals surface area contributed by atoms with E-state index in [4.69, 9.17) is 19.1 Å². The lowest BCUT2D eigenvalue weighted by Gasteiger charge is -1.92. The molecule has 0 saturated carbocycles. The average molecular weight is 87.9 g/mol. The fourth-order valence-corrected chi connectivity index (χ4v) is 0. The summed E-state index contributed by atoms with van der Waals surface area (Å²) in [6.07, 6.45) is 0.